The number of ketones is 1. The molecule has 3 aromatic carbocycles. The second-order valence-corrected chi connectivity index (χ2v) is 10.0. The van der Waals surface area contributed by atoms with Crippen LogP contribution in [-0.4, -0.2) is 24.0 Å². The summed E-state index contributed by atoms with van der Waals surface area (Å²) < 4.78 is 5.40. The van der Waals surface area contributed by atoms with Crippen molar-refractivity contribution in [2.75, 3.05) is 6.61 Å². The van der Waals surface area contributed by atoms with E-state index in [0.29, 0.717) is 0 Å². The summed E-state index contributed by atoms with van der Waals surface area (Å²) in [5.41, 5.74) is -0.889. The van der Waals surface area contributed by atoms with Crippen molar-refractivity contribution in [1.29, 1.82) is 0 Å². The highest BCUT2D eigenvalue weighted by atomic mass is 79.9. The molecule has 3 rings (SSSR count). The monoisotopic (exact) mass is 470 g/mol. The molecule has 5 heteroatoms. The van der Waals surface area contributed by atoms with Gasteiger partial charge in [-0.25, -0.2) is 4.79 Å². The molecule has 0 saturated heterocycles. The van der Waals surface area contributed by atoms with E-state index < -0.39 is 18.9 Å². The number of hydrogen-bond donors (Lipinski definition) is 0. The Balaban J connectivity index is 0.00000300. The zero-order valence-electron chi connectivity index (χ0n) is 16.5. The summed E-state index contributed by atoms with van der Waals surface area (Å²) in [5.74, 6) is -0.636. The molecule has 0 fully saturated rings. The van der Waals surface area contributed by atoms with Gasteiger partial charge in [0.2, 0.25) is 5.66 Å². The van der Waals surface area contributed by atoms with Gasteiger partial charge in [-0.05, 0) is 50.2 Å². The number of hydrogen-bond acceptors (Lipinski definition) is 3. The van der Waals surface area contributed by atoms with E-state index in [1.54, 1.807) is 6.92 Å². The van der Waals surface area contributed by atoms with Gasteiger partial charge in [-0.1, -0.05) is 54.6 Å². The van der Waals surface area contributed by atoms with Gasteiger partial charge in [-0.2, -0.15) is 0 Å². The first-order chi connectivity index (χ1) is 13.6. The fraction of sp³-hybridized carbons (Fsp3) is 0.167. The second kappa shape index (κ2) is 10.5. The normalized spacial score (nSPS) is 11.8. The average molecular weight is 471 g/mol. The number of Topliss-reactive ketones (excluding diaryl/α,β-unsaturated/α-hetero) is 1. The molecule has 0 bridgehead atoms. The molecule has 3 aromatic rings. The summed E-state index contributed by atoms with van der Waals surface area (Å²) in [7, 11) is -2.63. The maximum absolute atomic E-state index is 13.1. The number of carbonyl (C=O) groups is 2. The maximum Gasteiger partial charge on any atom is 0.356 e. The second-order valence-electron chi connectivity index (χ2n) is 6.49. The third kappa shape index (κ3) is 4.49. The van der Waals surface area contributed by atoms with E-state index in [0.717, 1.165) is 15.9 Å². The smallest absolute Gasteiger partial charge is 0.356 e. The van der Waals surface area contributed by atoms with Crippen LogP contribution in [0.15, 0.2) is 91.0 Å². The van der Waals surface area contributed by atoms with Crippen molar-refractivity contribution in [3.05, 3.63) is 91.0 Å². The first-order valence-electron chi connectivity index (χ1n) is 9.35. The van der Waals surface area contributed by atoms with Crippen molar-refractivity contribution in [3.63, 3.8) is 0 Å². The molecule has 150 valence electrons. The molecule has 1 unspecified atom stereocenters. The van der Waals surface area contributed by atoms with Crippen LogP contribution in [0, 0.1) is 0 Å². The minimum atomic E-state index is -2.63. The van der Waals surface area contributed by atoms with Gasteiger partial charge >= 0.3 is 5.97 Å². The van der Waals surface area contributed by atoms with Crippen LogP contribution in [-0.2, 0) is 14.3 Å². The number of ether oxygens (including phenoxy) is 1. The molecule has 0 amide bonds. The molecule has 0 aliphatic heterocycles. The predicted octanol–water partition coefficient (Wildman–Crippen LogP) is 0.505. The van der Waals surface area contributed by atoms with Crippen molar-refractivity contribution in [1.82, 2.24) is 0 Å². The zero-order chi connectivity index (χ0) is 20.0. The molecular weight excluding hydrogens is 447 g/mol. The summed E-state index contributed by atoms with van der Waals surface area (Å²) in [5, 5.41) is 2.96. The fourth-order valence-corrected chi connectivity index (χ4v) is 8.35. The third-order valence-corrected chi connectivity index (χ3v) is 9.46. The summed E-state index contributed by atoms with van der Waals surface area (Å²) in [6, 6.07) is 29.7. The highest BCUT2D eigenvalue weighted by Gasteiger charge is 2.58. The number of esters is 1. The highest BCUT2D eigenvalue weighted by molar-refractivity contribution is 7.97. The van der Waals surface area contributed by atoms with Crippen LogP contribution >= 0.6 is 7.26 Å². The molecule has 29 heavy (non-hydrogen) atoms. The minimum Gasteiger partial charge on any atom is -1.00 e. The van der Waals surface area contributed by atoms with E-state index in [4.69, 9.17) is 4.74 Å². The summed E-state index contributed by atoms with van der Waals surface area (Å²) in [6.07, 6.45) is 0. The molecule has 0 aliphatic rings. The van der Waals surface area contributed by atoms with Crippen molar-refractivity contribution in [3.8, 4) is 0 Å². The quantitative estimate of drug-likeness (QED) is 0.287. The molecule has 0 heterocycles. The van der Waals surface area contributed by atoms with Gasteiger partial charge < -0.3 is 21.7 Å². The Kier molecular flexibility index (Phi) is 8.31. The largest absolute Gasteiger partial charge is 1.00 e. The van der Waals surface area contributed by atoms with Crippen LogP contribution in [0.5, 0.6) is 0 Å². The lowest BCUT2D eigenvalue weighted by atomic mass is 10.3. The Hall–Kier alpha value is -2.29. The standard InChI is InChI=1S/C24H24O3P.BrH/c1-3-27-24(26)23(19(2)25)28(20-13-7-4-8-14-20,21-15-9-5-10-16-21)22-17-11-6-12-18-22;/h4-18,23H,3H2,1-2H3;1H/q+1;/p-1. The molecule has 1 atom stereocenters. The fourth-order valence-electron chi connectivity index (χ4n) is 3.70. The molecule has 0 aliphatic carbocycles. The van der Waals surface area contributed by atoms with Crippen molar-refractivity contribution in [2.24, 2.45) is 0 Å². The lowest BCUT2D eigenvalue weighted by molar-refractivity contribution is -0.144. The molecule has 0 N–H and O–H groups in total. The van der Waals surface area contributed by atoms with Gasteiger partial charge in [0.25, 0.3) is 0 Å². The molecule has 0 aromatic heterocycles. The topological polar surface area (TPSA) is 43.4 Å². The van der Waals surface area contributed by atoms with Gasteiger partial charge in [0, 0.05) is 0 Å². The van der Waals surface area contributed by atoms with Crippen LogP contribution < -0.4 is 32.9 Å². The predicted molar refractivity (Wildman–Crippen MR) is 116 cm³/mol. The molecule has 0 saturated carbocycles. The Morgan fingerprint density at radius 1 is 0.759 bits per heavy atom. The summed E-state index contributed by atoms with van der Waals surface area (Å²) in [4.78, 5) is 26.1. The van der Waals surface area contributed by atoms with Gasteiger partial charge in [-0.3, -0.25) is 4.79 Å². The Labute approximate surface area is 183 Å². The van der Waals surface area contributed by atoms with Crippen LogP contribution in [0.3, 0.4) is 0 Å². The molecule has 0 spiro atoms. The van der Waals surface area contributed by atoms with Gasteiger partial charge in [0.15, 0.2) is 5.78 Å². The van der Waals surface area contributed by atoms with Crippen molar-refractivity contribution in [2.45, 2.75) is 19.5 Å². The summed E-state index contributed by atoms with van der Waals surface area (Å²) in [6.45, 7) is 3.49. The summed E-state index contributed by atoms with van der Waals surface area (Å²) >= 11 is 0. The molecular formula is C24H24BrO3P. The van der Waals surface area contributed by atoms with Gasteiger partial charge in [-0.15, -0.1) is 0 Å². The van der Waals surface area contributed by atoms with Crippen LogP contribution in [0.2, 0.25) is 0 Å². The van der Waals surface area contributed by atoms with E-state index >= 15 is 0 Å². The van der Waals surface area contributed by atoms with Crippen LogP contribution in [0.1, 0.15) is 13.8 Å². The van der Waals surface area contributed by atoms with Crippen LogP contribution in [0.4, 0.5) is 0 Å². The number of benzene rings is 3. The van der Waals surface area contributed by atoms with Crippen molar-refractivity contribution >= 4 is 34.9 Å². The van der Waals surface area contributed by atoms with Crippen LogP contribution in [0.25, 0.3) is 0 Å². The van der Waals surface area contributed by atoms with Gasteiger partial charge in [0.05, 0.1) is 6.61 Å². The SMILES string of the molecule is CCOC(=O)C(C(C)=O)[P+](c1ccccc1)(c1ccccc1)c1ccccc1.[Br-]. The van der Waals surface area contributed by atoms with E-state index in [1.165, 1.54) is 6.92 Å². The average Bonchev–Trinajstić information content (AvgIpc) is 2.73. The Morgan fingerprint density at radius 2 is 1.10 bits per heavy atom. The van der Waals surface area contributed by atoms with Crippen molar-refractivity contribution < 1.29 is 31.3 Å². The Bertz CT molecular complexity index is 833. The molecule has 0 radical (unpaired) electrons. The first kappa shape index (κ1) is 23.0. The number of carbonyl (C=O) groups excluding carboxylic acids is 2. The van der Waals surface area contributed by atoms with E-state index in [-0.39, 0.29) is 29.4 Å². The van der Waals surface area contributed by atoms with E-state index in [2.05, 4.69) is 0 Å². The highest BCUT2D eigenvalue weighted by Crippen LogP contribution is 2.60. The minimum absolute atomic E-state index is 0. The zero-order valence-corrected chi connectivity index (χ0v) is 19.0. The number of halogens is 1. The van der Waals surface area contributed by atoms with E-state index in [1.807, 2.05) is 91.0 Å². The van der Waals surface area contributed by atoms with E-state index in [9.17, 15) is 9.59 Å². The number of rotatable bonds is 7. The maximum atomic E-state index is 13.1. The lowest BCUT2D eigenvalue weighted by Gasteiger charge is -2.32. The third-order valence-electron chi connectivity index (χ3n) is 4.77. The molecule has 3 nitrogen and oxygen atoms in total. The van der Waals surface area contributed by atoms with Gasteiger partial charge in [0.1, 0.15) is 23.2 Å². The first-order valence-corrected chi connectivity index (χ1v) is 11.2. The Morgan fingerprint density at radius 3 is 1.38 bits per heavy atom. The lowest BCUT2D eigenvalue weighted by Crippen LogP contribution is -3.00.